The molecule has 1 amide bonds. The maximum absolute atomic E-state index is 13.2. The third-order valence-electron chi connectivity index (χ3n) is 4.33. The van der Waals surface area contributed by atoms with Crippen LogP contribution < -0.4 is 5.32 Å². The first kappa shape index (κ1) is 14.8. The summed E-state index contributed by atoms with van der Waals surface area (Å²) in [4.78, 5) is 16.8. The van der Waals surface area contributed by atoms with E-state index in [-0.39, 0.29) is 23.7 Å². The lowest BCUT2D eigenvalue weighted by atomic mass is 10.0. The largest absolute Gasteiger partial charge is 0.342 e. The molecule has 1 atom stereocenters. The number of nitrogens with zero attached hydrogens (tertiary/aromatic N) is 2. The van der Waals surface area contributed by atoms with Crippen molar-refractivity contribution in [3.8, 4) is 0 Å². The quantitative estimate of drug-likeness (QED) is 0.944. The molecule has 1 aromatic carbocycles. The van der Waals surface area contributed by atoms with Gasteiger partial charge in [-0.15, -0.1) is 0 Å². The van der Waals surface area contributed by atoms with Gasteiger partial charge in [-0.3, -0.25) is 4.79 Å². The SMILES string of the molecule is Cn1ccnc1[C@@H](NC(=O)C1CCCC1)c1ccc(F)cc1. The smallest absolute Gasteiger partial charge is 0.223 e. The van der Waals surface area contributed by atoms with Crippen molar-refractivity contribution >= 4 is 5.91 Å². The molecule has 1 aliphatic rings. The number of amides is 1. The molecule has 5 heteroatoms. The van der Waals surface area contributed by atoms with Gasteiger partial charge in [-0.2, -0.15) is 0 Å². The lowest BCUT2D eigenvalue weighted by Gasteiger charge is -2.21. The molecule has 4 nitrogen and oxygen atoms in total. The Morgan fingerprint density at radius 1 is 1.32 bits per heavy atom. The standard InChI is InChI=1S/C17H20FN3O/c1-21-11-10-19-16(21)15(12-6-8-14(18)9-7-12)20-17(22)13-4-2-3-5-13/h6-11,13,15H,2-5H2,1H3,(H,20,22)/t15-/m0/s1. The maximum atomic E-state index is 13.2. The zero-order valence-corrected chi connectivity index (χ0v) is 12.6. The van der Waals surface area contributed by atoms with Gasteiger partial charge in [0.25, 0.3) is 0 Å². The average Bonchev–Trinajstić information content (AvgIpc) is 3.17. The minimum atomic E-state index is -0.353. The van der Waals surface area contributed by atoms with E-state index in [4.69, 9.17) is 0 Å². The summed E-state index contributed by atoms with van der Waals surface area (Å²) >= 11 is 0. The summed E-state index contributed by atoms with van der Waals surface area (Å²) in [6.45, 7) is 0. The lowest BCUT2D eigenvalue weighted by Crippen LogP contribution is -2.34. The van der Waals surface area contributed by atoms with Crippen molar-refractivity contribution in [2.24, 2.45) is 13.0 Å². The Balaban J connectivity index is 1.87. The topological polar surface area (TPSA) is 46.9 Å². The highest BCUT2D eigenvalue weighted by molar-refractivity contribution is 5.79. The van der Waals surface area contributed by atoms with Crippen LogP contribution in [0.2, 0.25) is 0 Å². The van der Waals surface area contributed by atoms with Gasteiger partial charge in [-0.25, -0.2) is 9.37 Å². The summed E-state index contributed by atoms with van der Waals surface area (Å²) in [6, 6.07) is 5.86. The highest BCUT2D eigenvalue weighted by Gasteiger charge is 2.27. The van der Waals surface area contributed by atoms with E-state index >= 15 is 0 Å². The number of halogens is 1. The van der Waals surface area contributed by atoms with E-state index in [0.717, 1.165) is 37.1 Å². The van der Waals surface area contributed by atoms with Crippen molar-refractivity contribution < 1.29 is 9.18 Å². The zero-order chi connectivity index (χ0) is 15.5. The first-order valence-corrected chi connectivity index (χ1v) is 7.68. The number of carbonyl (C=O) groups excluding carboxylic acids is 1. The van der Waals surface area contributed by atoms with E-state index in [2.05, 4.69) is 10.3 Å². The number of imidazole rings is 1. The van der Waals surface area contributed by atoms with E-state index in [1.165, 1.54) is 12.1 Å². The molecule has 0 aliphatic heterocycles. The van der Waals surface area contributed by atoms with Gasteiger partial charge in [0.15, 0.2) is 0 Å². The zero-order valence-electron chi connectivity index (χ0n) is 12.6. The number of benzene rings is 1. The molecule has 0 bridgehead atoms. The molecular weight excluding hydrogens is 281 g/mol. The maximum Gasteiger partial charge on any atom is 0.223 e. The average molecular weight is 301 g/mol. The molecule has 2 aromatic rings. The van der Waals surface area contributed by atoms with Crippen LogP contribution >= 0.6 is 0 Å². The second kappa shape index (κ2) is 6.30. The van der Waals surface area contributed by atoms with E-state index in [0.29, 0.717) is 0 Å². The Labute approximate surface area is 129 Å². The van der Waals surface area contributed by atoms with E-state index in [1.54, 1.807) is 18.3 Å². The Kier molecular flexibility index (Phi) is 4.22. The monoisotopic (exact) mass is 301 g/mol. The van der Waals surface area contributed by atoms with Crippen molar-refractivity contribution in [3.63, 3.8) is 0 Å². The molecule has 22 heavy (non-hydrogen) atoms. The predicted molar refractivity (Wildman–Crippen MR) is 81.6 cm³/mol. The number of nitrogens with one attached hydrogen (secondary N) is 1. The molecule has 1 N–H and O–H groups in total. The number of carbonyl (C=O) groups is 1. The fourth-order valence-electron chi connectivity index (χ4n) is 3.06. The van der Waals surface area contributed by atoms with E-state index < -0.39 is 0 Å². The van der Waals surface area contributed by atoms with E-state index in [9.17, 15) is 9.18 Å². The Morgan fingerprint density at radius 3 is 2.59 bits per heavy atom. The summed E-state index contributed by atoms with van der Waals surface area (Å²) in [7, 11) is 1.89. The molecular formula is C17H20FN3O. The molecule has 0 spiro atoms. The normalized spacial score (nSPS) is 16.6. The van der Waals surface area contributed by atoms with Crippen LogP contribution in [0.3, 0.4) is 0 Å². The molecule has 0 saturated heterocycles. The number of hydrogen-bond donors (Lipinski definition) is 1. The molecule has 3 rings (SSSR count). The van der Waals surface area contributed by atoms with Gasteiger partial charge in [0.05, 0.1) is 0 Å². The Hall–Kier alpha value is -2.17. The second-order valence-electron chi connectivity index (χ2n) is 5.87. The van der Waals surface area contributed by atoms with Crippen LogP contribution in [0.15, 0.2) is 36.7 Å². The van der Waals surface area contributed by atoms with Gasteiger partial charge < -0.3 is 9.88 Å². The van der Waals surface area contributed by atoms with Gasteiger partial charge in [0.2, 0.25) is 5.91 Å². The molecule has 1 aliphatic carbocycles. The van der Waals surface area contributed by atoms with Crippen molar-refractivity contribution in [1.29, 1.82) is 0 Å². The number of aromatic nitrogens is 2. The summed E-state index contributed by atoms with van der Waals surface area (Å²) in [6.07, 6.45) is 7.66. The molecule has 1 heterocycles. The molecule has 0 unspecified atom stereocenters. The van der Waals surface area contributed by atoms with Crippen LogP contribution in [0.5, 0.6) is 0 Å². The minimum absolute atomic E-state index is 0.0647. The summed E-state index contributed by atoms with van der Waals surface area (Å²) in [5.41, 5.74) is 0.835. The minimum Gasteiger partial charge on any atom is -0.342 e. The molecule has 1 fully saturated rings. The van der Waals surface area contributed by atoms with Crippen LogP contribution in [0.25, 0.3) is 0 Å². The Morgan fingerprint density at radius 2 is 2.00 bits per heavy atom. The fourth-order valence-corrected chi connectivity index (χ4v) is 3.06. The van der Waals surface area contributed by atoms with Crippen molar-refractivity contribution in [2.45, 2.75) is 31.7 Å². The highest BCUT2D eigenvalue weighted by Crippen LogP contribution is 2.27. The van der Waals surface area contributed by atoms with Crippen LogP contribution in [0.4, 0.5) is 4.39 Å². The van der Waals surface area contributed by atoms with Crippen LogP contribution in [-0.2, 0) is 11.8 Å². The molecule has 1 aromatic heterocycles. The first-order valence-electron chi connectivity index (χ1n) is 7.68. The van der Waals surface area contributed by atoms with Gasteiger partial charge >= 0.3 is 0 Å². The molecule has 1 saturated carbocycles. The Bertz CT molecular complexity index is 644. The summed E-state index contributed by atoms with van der Waals surface area (Å²) in [5.74, 6) is 0.612. The van der Waals surface area contributed by atoms with Crippen molar-refractivity contribution in [2.75, 3.05) is 0 Å². The van der Waals surface area contributed by atoms with Crippen LogP contribution in [0.1, 0.15) is 43.1 Å². The summed E-state index contributed by atoms with van der Waals surface area (Å²) < 4.78 is 15.0. The first-order chi connectivity index (χ1) is 10.6. The number of hydrogen-bond acceptors (Lipinski definition) is 2. The van der Waals surface area contributed by atoms with Gasteiger partial charge in [0, 0.05) is 25.4 Å². The molecule has 116 valence electrons. The van der Waals surface area contributed by atoms with Crippen LogP contribution in [-0.4, -0.2) is 15.5 Å². The fraction of sp³-hybridized carbons (Fsp3) is 0.412. The van der Waals surface area contributed by atoms with Crippen LogP contribution in [0, 0.1) is 11.7 Å². The highest BCUT2D eigenvalue weighted by atomic mass is 19.1. The third kappa shape index (κ3) is 3.03. The predicted octanol–water partition coefficient (Wildman–Crippen LogP) is 2.96. The van der Waals surface area contributed by atoms with Crippen molar-refractivity contribution in [3.05, 3.63) is 53.9 Å². The second-order valence-corrected chi connectivity index (χ2v) is 5.87. The van der Waals surface area contributed by atoms with Gasteiger partial charge in [-0.1, -0.05) is 25.0 Å². The third-order valence-corrected chi connectivity index (χ3v) is 4.33. The van der Waals surface area contributed by atoms with E-state index in [1.807, 2.05) is 17.8 Å². The lowest BCUT2D eigenvalue weighted by molar-refractivity contribution is -0.125. The molecule has 0 radical (unpaired) electrons. The number of aryl methyl sites for hydroxylation is 1. The van der Waals surface area contributed by atoms with Gasteiger partial charge in [-0.05, 0) is 30.5 Å². The number of rotatable bonds is 4. The van der Waals surface area contributed by atoms with Crippen molar-refractivity contribution in [1.82, 2.24) is 14.9 Å². The van der Waals surface area contributed by atoms with Gasteiger partial charge in [0.1, 0.15) is 17.7 Å². The summed E-state index contributed by atoms with van der Waals surface area (Å²) in [5, 5.41) is 3.09.